The van der Waals surface area contributed by atoms with Gasteiger partial charge in [0.2, 0.25) is 26.6 Å². The van der Waals surface area contributed by atoms with E-state index in [0.29, 0.717) is 31.3 Å². The highest BCUT2D eigenvalue weighted by molar-refractivity contribution is 7.91. The first-order valence-electron chi connectivity index (χ1n) is 10.1. The summed E-state index contributed by atoms with van der Waals surface area (Å²) >= 11 is 1.41. The molecule has 8 nitrogen and oxygen atoms in total. The molecule has 0 fully saturated rings. The predicted molar refractivity (Wildman–Crippen MR) is 123 cm³/mol. The minimum atomic E-state index is -4.01. The zero-order valence-electron chi connectivity index (χ0n) is 17.6. The molecular weight excluding hydrogens is 464 g/mol. The van der Waals surface area contributed by atoms with E-state index in [1.807, 2.05) is 41.8 Å². The fourth-order valence-electron chi connectivity index (χ4n) is 3.33. The Hall–Kier alpha value is -3.50. The monoisotopic (exact) mass is 484 g/mol. The average Bonchev–Trinajstić information content (AvgIpc) is 3.53. The fourth-order valence-corrected chi connectivity index (χ4v) is 5.28. The molecule has 4 aromatic rings. The Balaban J connectivity index is 1.50. The maximum atomic E-state index is 13.5. The van der Waals surface area contributed by atoms with Crippen LogP contribution in [0.1, 0.15) is 5.56 Å². The number of aromatic nitrogens is 1. The van der Waals surface area contributed by atoms with Gasteiger partial charge < -0.3 is 23.9 Å². The average molecular weight is 485 g/mol. The smallest absolute Gasteiger partial charge is 0.240 e. The quantitative estimate of drug-likeness (QED) is 0.405. The lowest BCUT2D eigenvalue weighted by molar-refractivity contribution is 0.171. The van der Waals surface area contributed by atoms with E-state index in [1.165, 1.54) is 23.5 Å². The van der Waals surface area contributed by atoms with Crippen LogP contribution in [-0.2, 0) is 16.4 Å². The number of sulfone groups is 1. The minimum Gasteiger partial charge on any atom is -0.497 e. The van der Waals surface area contributed by atoms with Crippen molar-refractivity contribution in [3.63, 3.8) is 0 Å². The SMILES string of the molecule is COc1ccc(CNc2oc(-c3cccs3)nc2S(=O)(=O)c2ccc3c(c2)OCCO3)cc1. The maximum Gasteiger partial charge on any atom is 0.240 e. The fraction of sp³-hybridized carbons (Fsp3) is 0.174. The Morgan fingerprint density at radius 2 is 1.85 bits per heavy atom. The molecule has 1 N–H and O–H groups in total. The molecule has 0 unspecified atom stereocenters. The number of methoxy groups -OCH3 is 1. The third kappa shape index (κ3) is 4.27. The Morgan fingerprint density at radius 3 is 2.58 bits per heavy atom. The lowest BCUT2D eigenvalue weighted by Crippen LogP contribution is -2.16. The zero-order chi connectivity index (χ0) is 22.8. The second-order valence-electron chi connectivity index (χ2n) is 7.14. The summed E-state index contributed by atoms with van der Waals surface area (Å²) < 4.78 is 49.2. The molecule has 0 bridgehead atoms. The molecule has 0 saturated carbocycles. The second kappa shape index (κ2) is 8.80. The molecule has 170 valence electrons. The summed E-state index contributed by atoms with van der Waals surface area (Å²) in [6.45, 7) is 1.12. The Kier molecular flexibility index (Phi) is 5.69. The Morgan fingerprint density at radius 1 is 1.06 bits per heavy atom. The van der Waals surface area contributed by atoms with E-state index in [9.17, 15) is 8.42 Å². The van der Waals surface area contributed by atoms with Gasteiger partial charge in [-0.15, -0.1) is 11.3 Å². The summed E-state index contributed by atoms with van der Waals surface area (Å²) in [6.07, 6.45) is 0. The van der Waals surface area contributed by atoms with Crippen molar-refractivity contribution >= 4 is 27.1 Å². The van der Waals surface area contributed by atoms with Gasteiger partial charge in [-0.1, -0.05) is 18.2 Å². The third-order valence-corrected chi connectivity index (χ3v) is 7.54. The topological polar surface area (TPSA) is 99.9 Å². The van der Waals surface area contributed by atoms with E-state index in [-0.39, 0.29) is 21.7 Å². The van der Waals surface area contributed by atoms with E-state index >= 15 is 0 Å². The minimum absolute atomic E-state index is 0.0466. The first-order valence-corrected chi connectivity index (χ1v) is 12.5. The van der Waals surface area contributed by atoms with Crippen molar-refractivity contribution in [3.8, 4) is 28.0 Å². The molecule has 3 heterocycles. The van der Waals surface area contributed by atoms with Crippen LogP contribution in [0.25, 0.3) is 10.8 Å². The number of hydrogen-bond donors (Lipinski definition) is 1. The van der Waals surface area contributed by atoms with Gasteiger partial charge in [-0.05, 0) is 41.3 Å². The molecule has 5 rings (SSSR count). The van der Waals surface area contributed by atoms with Gasteiger partial charge in [0, 0.05) is 12.6 Å². The summed E-state index contributed by atoms with van der Waals surface area (Å²) in [5.41, 5.74) is 0.924. The zero-order valence-corrected chi connectivity index (χ0v) is 19.2. The van der Waals surface area contributed by atoms with Gasteiger partial charge in [-0.3, -0.25) is 0 Å². The lowest BCUT2D eigenvalue weighted by Gasteiger charge is -2.18. The number of nitrogens with one attached hydrogen (secondary N) is 1. The normalized spacial score (nSPS) is 13.0. The van der Waals surface area contributed by atoms with Crippen LogP contribution in [0.4, 0.5) is 5.88 Å². The van der Waals surface area contributed by atoms with Crippen LogP contribution in [0.5, 0.6) is 17.2 Å². The van der Waals surface area contributed by atoms with Gasteiger partial charge in [0.15, 0.2) is 11.5 Å². The summed E-state index contributed by atoms with van der Waals surface area (Å²) in [4.78, 5) is 5.13. The molecule has 1 aliphatic heterocycles. The van der Waals surface area contributed by atoms with Crippen molar-refractivity contribution in [1.29, 1.82) is 0 Å². The molecular formula is C23H20N2O6S2. The van der Waals surface area contributed by atoms with Crippen LogP contribution < -0.4 is 19.5 Å². The number of hydrogen-bond acceptors (Lipinski definition) is 9. The van der Waals surface area contributed by atoms with Gasteiger partial charge in [0.1, 0.15) is 19.0 Å². The van der Waals surface area contributed by atoms with Crippen molar-refractivity contribution in [1.82, 2.24) is 4.98 Å². The molecule has 10 heteroatoms. The van der Waals surface area contributed by atoms with Gasteiger partial charge in [0.05, 0.1) is 16.9 Å². The van der Waals surface area contributed by atoms with E-state index in [0.717, 1.165) is 16.2 Å². The molecule has 0 spiro atoms. The van der Waals surface area contributed by atoms with Crippen LogP contribution in [0.15, 0.2) is 74.3 Å². The van der Waals surface area contributed by atoms with Crippen LogP contribution in [0, 0.1) is 0 Å². The number of ether oxygens (including phenoxy) is 3. The van der Waals surface area contributed by atoms with Crippen LogP contribution in [0.3, 0.4) is 0 Å². The van der Waals surface area contributed by atoms with E-state index in [2.05, 4.69) is 10.3 Å². The highest BCUT2D eigenvalue weighted by atomic mass is 32.2. The summed E-state index contributed by atoms with van der Waals surface area (Å²) in [6, 6.07) is 15.6. The first kappa shape index (κ1) is 21.4. The van der Waals surface area contributed by atoms with E-state index < -0.39 is 9.84 Å². The highest BCUT2D eigenvalue weighted by Crippen LogP contribution is 2.37. The molecule has 0 saturated heterocycles. The van der Waals surface area contributed by atoms with Crippen LogP contribution in [-0.4, -0.2) is 33.7 Å². The third-order valence-electron chi connectivity index (χ3n) is 5.02. The summed E-state index contributed by atoms with van der Waals surface area (Å²) in [5, 5.41) is 4.78. The Bertz CT molecular complexity index is 1360. The van der Waals surface area contributed by atoms with E-state index in [1.54, 1.807) is 13.2 Å². The highest BCUT2D eigenvalue weighted by Gasteiger charge is 2.30. The number of oxazole rings is 1. The number of benzene rings is 2. The van der Waals surface area contributed by atoms with Crippen molar-refractivity contribution in [2.24, 2.45) is 0 Å². The Labute approximate surface area is 194 Å². The molecule has 0 aliphatic carbocycles. The van der Waals surface area contributed by atoms with Gasteiger partial charge in [0.25, 0.3) is 0 Å². The second-order valence-corrected chi connectivity index (χ2v) is 9.95. The van der Waals surface area contributed by atoms with E-state index in [4.69, 9.17) is 18.6 Å². The standard InChI is InChI=1S/C23H20N2O6S2/c1-28-16-6-4-15(5-7-16)14-24-22-23(25-21(31-22)20-3-2-12-32-20)33(26,27)17-8-9-18-19(13-17)30-11-10-29-18/h2-9,12-13,24H,10-11,14H2,1H3. The van der Waals surface area contributed by atoms with Crippen molar-refractivity contribution < 1.29 is 27.0 Å². The lowest BCUT2D eigenvalue weighted by atomic mass is 10.2. The van der Waals surface area contributed by atoms with Crippen LogP contribution in [0.2, 0.25) is 0 Å². The molecule has 2 aromatic heterocycles. The van der Waals surface area contributed by atoms with Gasteiger partial charge in [-0.25, -0.2) is 8.42 Å². The van der Waals surface area contributed by atoms with Crippen LogP contribution >= 0.6 is 11.3 Å². The number of anilines is 1. The van der Waals surface area contributed by atoms with Gasteiger partial charge >= 0.3 is 0 Å². The molecule has 1 aliphatic rings. The number of thiophene rings is 1. The summed E-state index contributed by atoms with van der Waals surface area (Å²) in [5.74, 6) is 1.94. The van der Waals surface area contributed by atoms with Crippen molar-refractivity contribution in [3.05, 3.63) is 65.5 Å². The maximum absolute atomic E-state index is 13.5. The number of rotatable bonds is 7. The molecule has 0 atom stereocenters. The molecule has 2 aromatic carbocycles. The number of nitrogens with zero attached hydrogens (tertiary/aromatic N) is 1. The summed E-state index contributed by atoms with van der Waals surface area (Å²) in [7, 11) is -2.41. The molecule has 33 heavy (non-hydrogen) atoms. The predicted octanol–water partition coefficient (Wildman–Crippen LogP) is 4.63. The van der Waals surface area contributed by atoms with Gasteiger partial charge in [-0.2, -0.15) is 4.98 Å². The van der Waals surface area contributed by atoms with Crippen molar-refractivity contribution in [2.45, 2.75) is 16.5 Å². The molecule has 0 radical (unpaired) electrons. The first-order chi connectivity index (χ1) is 16.0. The van der Waals surface area contributed by atoms with Crippen molar-refractivity contribution in [2.75, 3.05) is 25.6 Å². The molecule has 0 amide bonds. The number of fused-ring (bicyclic) bond motifs is 1. The largest absolute Gasteiger partial charge is 0.497 e.